The topological polar surface area (TPSA) is 195 Å². The van der Waals surface area contributed by atoms with Crippen molar-refractivity contribution >= 4 is 46.6 Å². The fourth-order valence-electron chi connectivity index (χ4n) is 3.35. The van der Waals surface area contributed by atoms with Crippen LogP contribution >= 0.6 is 11.6 Å². The third-order valence-corrected chi connectivity index (χ3v) is 5.72. The van der Waals surface area contributed by atoms with Crippen LogP contribution in [0.1, 0.15) is 26.3 Å². The highest BCUT2D eigenvalue weighted by Gasteiger charge is 2.19. The molecule has 1 aromatic heterocycles. The molecule has 0 bridgehead atoms. The summed E-state index contributed by atoms with van der Waals surface area (Å²) in [6.45, 7) is -0.114. The molecule has 0 saturated heterocycles. The zero-order valence-corrected chi connectivity index (χ0v) is 21.2. The third-order valence-electron chi connectivity index (χ3n) is 5.36. The van der Waals surface area contributed by atoms with Crippen LogP contribution in [-0.4, -0.2) is 51.3 Å². The van der Waals surface area contributed by atoms with E-state index in [1.54, 1.807) is 6.20 Å². The zero-order valence-electron chi connectivity index (χ0n) is 20.4. The molecule has 39 heavy (non-hydrogen) atoms. The van der Waals surface area contributed by atoms with Gasteiger partial charge in [0.1, 0.15) is 12.1 Å². The van der Waals surface area contributed by atoms with Crippen molar-refractivity contribution in [3.05, 3.63) is 88.4 Å². The average molecular weight is 559 g/mol. The van der Waals surface area contributed by atoms with Gasteiger partial charge >= 0.3 is 11.9 Å². The highest BCUT2D eigenvalue weighted by Crippen LogP contribution is 2.29. The van der Waals surface area contributed by atoms with E-state index in [1.807, 2.05) is 0 Å². The first-order chi connectivity index (χ1) is 18.5. The second kappa shape index (κ2) is 12.5. The number of aromatic carboxylic acids is 2. The standard InChI is InChI=1S/C25H24ClFN6O6/c1-30-19-11-21(17(27)9-15(19)25(37)38)39-7-4-13-8-14(24(35)36)20(10-16(13)26)32-23(34)18(28)2-3-22(29)33-6-5-31-12-33/h2-3,5-6,8-12,30H,4,7,28-29H2,1H3,(H,32,34)(H,35,36)(H,37,38)/b18-2-,22-3+. The number of carbonyl (C=O) groups is 3. The largest absolute Gasteiger partial charge is 0.490 e. The van der Waals surface area contributed by atoms with E-state index < -0.39 is 23.7 Å². The van der Waals surface area contributed by atoms with Crippen LogP contribution in [0.3, 0.4) is 0 Å². The number of carboxylic acids is 2. The first kappa shape index (κ1) is 28.5. The molecule has 14 heteroatoms. The van der Waals surface area contributed by atoms with E-state index in [9.17, 15) is 29.0 Å². The maximum atomic E-state index is 14.3. The Morgan fingerprint density at radius 3 is 2.41 bits per heavy atom. The number of nitrogens with two attached hydrogens (primary N) is 2. The van der Waals surface area contributed by atoms with Crippen molar-refractivity contribution in [2.45, 2.75) is 6.42 Å². The molecule has 8 N–H and O–H groups in total. The first-order valence-corrected chi connectivity index (χ1v) is 11.5. The molecule has 0 saturated carbocycles. The van der Waals surface area contributed by atoms with E-state index in [2.05, 4.69) is 15.6 Å². The van der Waals surface area contributed by atoms with Crippen LogP contribution in [0.2, 0.25) is 5.02 Å². The van der Waals surface area contributed by atoms with E-state index in [-0.39, 0.29) is 57.8 Å². The number of allylic oxidation sites excluding steroid dienone is 2. The average Bonchev–Trinajstić information content (AvgIpc) is 3.43. The summed E-state index contributed by atoms with van der Waals surface area (Å²) in [6.07, 6.45) is 7.26. The molecular formula is C25H24ClFN6O6. The first-order valence-electron chi connectivity index (χ1n) is 11.2. The summed E-state index contributed by atoms with van der Waals surface area (Å²) in [5.41, 5.74) is 11.3. The minimum Gasteiger partial charge on any atom is -0.490 e. The van der Waals surface area contributed by atoms with Crippen LogP contribution in [0.15, 0.2) is 60.8 Å². The number of nitrogens with one attached hydrogen (secondary N) is 2. The van der Waals surface area contributed by atoms with Gasteiger partial charge in [0.05, 0.1) is 34.8 Å². The Labute approximate surface area is 226 Å². The minimum atomic E-state index is -1.34. The van der Waals surface area contributed by atoms with Gasteiger partial charge in [-0.05, 0) is 35.9 Å². The molecule has 0 aliphatic carbocycles. The highest BCUT2D eigenvalue weighted by molar-refractivity contribution is 6.32. The van der Waals surface area contributed by atoms with Gasteiger partial charge in [-0.1, -0.05) is 11.6 Å². The number of rotatable bonds is 11. The number of imidazole rings is 1. The molecule has 1 heterocycles. The Kier molecular flexibility index (Phi) is 9.12. The highest BCUT2D eigenvalue weighted by atomic mass is 35.5. The molecule has 1 amide bonds. The van der Waals surface area contributed by atoms with E-state index in [1.165, 1.54) is 54.5 Å². The van der Waals surface area contributed by atoms with Gasteiger partial charge in [-0.2, -0.15) is 0 Å². The minimum absolute atomic E-state index is 0.0721. The van der Waals surface area contributed by atoms with Gasteiger partial charge in [0.25, 0.3) is 5.91 Å². The van der Waals surface area contributed by atoms with Gasteiger partial charge in [-0.3, -0.25) is 9.36 Å². The van der Waals surface area contributed by atoms with Gasteiger partial charge in [0.2, 0.25) is 0 Å². The third kappa shape index (κ3) is 7.05. The molecular weight excluding hydrogens is 535 g/mol. The fourth-order valence-corrected chi connectivity index (χ4v) is 3.61. The number of hydrogen-bond donors (Lipinski definition) is 6. The van der Waals surface area contributed by atoms with Gasteiger partial charge in [-0.25, -0.2) is 19.0 Å². The van der Waals surface area contributed by atoms with Crippen molar-refractivity contribution in [2.24, 2.45) is 11.5 Å². The molecule has 0 aliphatic heterocycles. The Bertz CT molecular complexity index is 1470. The lowest BCUT2D eigenvalue weighted by molar-refractivity contribution is -0.112. The number of amides is 1. The Balaban J connectivity index is 1.74. The molecule has 204 valence electrons. The van der Waals surface area contributed by atoms with E-state index in [0.717, 1.165) is 6.07 Å². The van der Waals surface area contributed by atoms with Crippen molar-refractivity contribution < 1.29 is 33.7 Å². The molecule has 0 radical (unpaired) electrons. The molecule has 12 nitrogen and oxygen atoms in total. The number of hydrogen-bond acceptors (Lipinski definition) is 8. The van der Waals surface area contributed by atoms with E-state index in [0.29, 0.717) is 5.56 Å². The fraction of sp³-hybridized carbons (Fsp3) is 0.120. The summed E-state index contributed by atoms with van der Waals surface area (Å²) >= 11 is 6.32. The van der Waals surface area contributed by atoms with E-state index in [4.69, 9.17) is 27.8 Å². The number of ether oxygens (including phenoxy) is 1. The van der Waals surface area contributed by atoms with Crippen molar-refractivity contribution in [3.63, 3.8) is 0 Å². The number of aromatic nitrogens is 2. The normalized spacial score (nSPS) is 11.7. The van der Waals surface area contributed by atoms with E-state index >= 15 is 0 Å². The molecule has 0 spiro atoms. The van der Waals surface area contributed by atoms with Crippen molar-refractivity contribution in [3.8, 4) is 5.75 Å². The van der Waals surface area contributed by atoms with Crippen LogP contribution in [0.25, 0.3) is 5.82 Å². The van der Waals surface area contributed by atoms with Crippen LogP contribution < -0.4 is 26.8 Å². The van der Waals surface area contributed by atoms with Gasteiger partial charge in [0.15, 0.2) is 11.6 Å². The van der Waals surface area contributed by atoms with Crippen LogP contribution in [-0.2, 0) is 11.2 Å². The van der Waals surface area contributed by atoms with Gasteiger partial charge in [0, 0.05) is 37.0 Å². The summed E-state index contributed by atoms with van der Waals surface area (Å²) in [5.74, 6) is -4.28. The lowest BCUT2D eigenvalue weighted by Crippen LogP contribution is -2.21. The summed E-state index contributed by atoms with van der Waals surface area (Å²) in [4.78, 5) is 39.5. The second-order valence-corrected chi connectivity index (χ2v) is 8.32. The Morgan fingerprint density at radius 1 is 1.10 bits per heavy atom. The monoisotopic (exact) mass is 558 g/mol. The van der Waals surface area contributed by atoms with Crippen molar-refractivity contribution in [1.82, 2.24) is 9.55 Å². The maximum Gasteiger partial charge on any atom is 0.337 e. The molecule has 0 aliphatic rings. The van der Waals surface area contributed by atoms with Crippen LogP contribution in [0.4, 0.5) is 15.8 Å². The summed E-state index contributed by atoms with van der Waals surface area (Å²) in [6, 6.07) is 4.54. The number of carboxylic acid groups (broad SMARTS) is 2. The second-order valence-electron chi connectivity index (χ2n) is 7.91. The molecule has 3 rings (SSSR count). The lowest BCUT2D eigenvalue weighted by atomic mass is 10.1. The number of benzene rings is 2. The zero-order chi connectivity index (χ0) is 28.7. The Morgan fingerprint density at radius 2 is 1.79 bits per heavy atom. The number of nitrogens with zero attached hydrogens (tertiary/aromatic N) is 2. The van der Waals surface area contributed by atoms with Crippen LogP contribution in [0, 0.1) is 5.82 Å². The summed E-state index contributed by atoms with van der Waals surface area (Å²) < 4.78 is 21.3. The van der Waals surface area contributed by atoms with Crippen LogP contribution in [0.5, 0.6) is 5.75 Å². The quantitative estimate of drug-likeness (QED) is 0.150. The molecule has 2 aromatic carbocycles. The lowest BCUT2D eigenvalue weighted by Gasteiger charge is -2.14. The number of halogens is 2. The van der Waals surface area contributed by atoms with Gasteiger partial charge < -0.3 is 37.1 Å². The van der Waals surface area contributed by atoms with Crippen molar-refractivity contribution in [1.29, 1.82) is 0 Å². The predicted molar refractivity (Wildman–Crippen MR) is 142 cm³/mol. The number of anilines is 2. The summed E-state index contributed by atoms with van der Waals surface area (Å²) in [7, 11) is 1.48. The Hall–Kier alpha value is -5.04. The predicted octanol–water partition coefficient (Wildman–Crippen LogP) is 2.97. The maximum absolute atomic E-state index is 14.3. The smallest absolute Gasteiger partial charge is 0.337 e. The molecule has 3 aromatic rings. The molecule has 0 unspecified atom stereocenters. The molecule has 0 fully saturated rings. The number of carbonyl (C=O) groups excluding carboxylic acids is 1. The summed E-state index contributed by atoms with van der Waals surface area (Å²) in [5, 5.41) is 24.0. The molecule has 0 atom stereocenters. The van der Waals surface area contributed by atoms with Gasteiger partial charge in [-0.15, -0.1) is 0 Å². The van der Waals surface area contributed by atoms with Crippen molar-refractivity contribution in [2.75, 3.05) is 24.3 Å². The SMILES string of the molecule is CNc1cc(OCCc2cc(C(=O)O)c(NC(=O)/C(N)=C/C=C(\N)n3ccnc3)cc2Cl)c(F)cc1C(=O)O.